The van der Waals surface area contributed by atoms with E-state index in [1.165, 1.54) is 63.5 Å². The molecular weight excluding hydrogens is 410 g/mol. The topological polar surface area (TPSA) is 27.7 Å². The van der Waals surface area contributed by atoms with Gasteiger partial charge in [-0.15, -0.1) is 0 Å². The van der Waals surface area contributed by atoms with Gasteiger partial charge in [0.2, 0.25) is 11.6 Å². The molecule has 3 nitrogen and oxygen atoms in total. The van der Waals surface area contributed by atoms with Crippen LogP contribution in [0.15, 0.2) is 12.1 Å². The summed E-state index contributed by atoms with van der Waals surface area (Å²) < 4.78 is 45.8. The Hall–Kier alpha value is -1.36. The molecule has 1 aromatic carbocycles. The number of benzene rings is 1. The predicted molar refractivity (Wildman–Crippen MR) is 124 cm³/mol. The molecule has 1 aliphatic heterocycles. The van der Waals surface area contributed by atoms with Crippen LogP contribution in [0.3, 0.4) is 0 Å². The molecule has 0 amide bonds. The van der Waals surface area contributed by atoms with E-state index < -0.39 is 11.6 Å². The molecule has 3 rings (SSSR count). The molecule has 0 bridgehead atoms. The number of hydrogen-bond donors (Lipinski definition) is 0. The second kappa shape index (κ2) is 13.4. The van der Waals surface area contributed by atoms with Crippen molar-refractivity contribution in [1.82, 2.24) is 0 Å². The van der Waals surface area contributed by atoms with Crippen LogP contribution in [0.25, 0.3) is 0 Å². The van der Waals surface area contributed by atoms with Gasteiger partial charge < -0.3 is 14.2 Å². The van der Waals surface area contributed by atoms with E-state index in [0.717, 1.165) is 38.2 Å². The van der Waals surface area contributed by atoms with Crippen molar-refractivity contribution in [2.45, 2.75) is 97.0 Å². The monoisotopic (exact) mass is 452 g/mol. The molecule has 2 aliphatic rings. The van der Waals surface area contributed by atoms with E-state index in [4.69, 9.17) is 14.2 Å². The third-order valence-corrected chi connectivity index (χ3v) is 7.33. The number of rotatable bonds is 12. The van der Waals surface area contributed by atoms with Gasteiger partial charge in [-0.3, -0.25) is 0 Å². The van der Waals surface area contributed by atoms with Crippen LogP contribution < -0.4 is 9.47 Å². The molecule has 1 aliphatic carbocycles. The second-order valence-corrected chi connectivity index (χ2v) is 9.77. The number of halogens is 2. The Morgan fingerprint density at radius 3 is 2.09 bits per heavy atom. The molecular formula is C27H42F2O3. The highest BCUT2D eigenvalue weighted by Crippen LogP contribution is 2.38. The summed E-state index contributed by atoms with van der Waals surface area (Å²) in [5.41, 5.74) is 0. The fourth-order valence-corrected chi connectivity index (χ4v) is 5.15. The van der Waals surface area contributed by atoms with Crippen molar-refractivity contribution in [2.24, 2.45) is 17.8 Å². The van der Waals surface area contributed by atoms with Crippen molar-refractivity contribution in [1.29, 1.82) is 0 Å². The van der Waals surface area contributed by atoms with E-state index in [1.54, 1.807) is 0 Å². The van der Waals surface area contributed by atoms with Crippen LogP contribution in [0.1, 0.15) is 90.9 Å². The van der Waals surface area contributed by atoms with Crippen LogP contribution in [0.5, 0.6) is 11.5 Å². The molecule has 0 radical (unpaired) electrons. The fraction of sp³-hybridized carbons (Fsp3) is 0.778. The van der Waals surface area contributed by atoms with Gasteiger partial charge in [-0.2, -0.15) is 8.78 Å². The fourth-order valence-electron chi connectivity index (χ4n) is 5.15. The molecule has 1 heterocycles. The van der Waals surface area contributed by atoms with Crippen molar-refractivity contribution in [2.75, 3.05) is 19.8 Å². The predicted octanol–water partition coefficient (Wildman–Crippen LogP) is 7.70. The summed E-state index contributed by atoms with van der Waals surface area (Å²) in [4.78, 5) is 0. The van der Waals surface area contributed by atoms with Crippen LogP contribution in [0.2, 0.25) is 0 Å². The first kappa shape index (κ1) is 25.3. The largest absolute Gasteiger partial charge is 0.490 e. The van der Waals surface area contributed by atoms with E-state index >= 15 is 0 Å². The van der Waals surface area contributed by atoms with Gasteiger partial charge in [-0.25, -0.2) is 0 Å². The molecule has 0 aromatic heterocycles. The van der Waals surface area contributed by atoms with Gasteiger partial charge in [-0.1, -0.05) is 39.5 Å². The first-order chi connectivity index (χ1) is 15.6. The van der Waals surface area contributed by atoms with Crippen molar-refractivity contribution < 1.29 is 23.0 Å². The lowest BCUT2D eigenvalue weighted by molar-refractivity contribution is -0.0434. The van der Waals surface area contributed by atoms with E-state index in [2.05, 4.69) is 6.92 Å². The van der Waals surface area contributed by atoms with Crippen LogP contribution in [-0.4, -0.2) is 25.9 Å². The maximum atomic E-state index is 14.4. The molecule has 182 valence electrons. The standard InChI is InChI=1S/C27H42F2O3/c1-3-5-7-8-23-14-13-22(19-31-23)21-11-9-20(10-12-21)18-32-25-16-15-24(26(28)27(25)29)30-17-6-4-2/h15-16,20-23H,3-14,17-19H2,1-2H3. The summed E-state index contributed by atoms with van der Waals surface area (Å²) in [5.74, 6) is -0.121. The Morgan fingerprint density at radius 2 is 1.47 bits per heavy atom. The minimum absolute atomic E-state index is 0.0118. The van der Waals surface area contributed by atoms with E-state index in [9.17, 15) is 8.78 Å². The summed E-state index contributed by atoms with van der Waals surface area (Å²) in [6.45, 7) is 6.02. The van der Waals surface area contributed by atoms with Gasteiger partial charge >= 0.3 is 0 Å². The molecule has 2 unspecified atom stereocenters. The van der Waals surface area contributed by atoms with Crippen molar-refractivity contribution in [3.63, 3.8) is 0 Å². The lowest BCUT2D eigenvalue weighted by atomic mass is 9.74. The maximum Gasteiger partial charge on any atom is 0.204 e. The van der Waals surface area contributed by atoms with Gasteiger partial charge in [0.1, 0.15) is 0 Å². The zero-order valence-corrected chi connectivity index (χ0v) is 20.1. The van der Waals surface area contributed by atoms with Crippen molar-refractivity contribution in [3.05, 3.63) is 23.8 Å². The first-order valence-electron chi connectivity index (χ1n) is 13.0. The summed E-state index contributed by atoms with van der Waals surface area (Å²) in [6, 6.07) is 2.96. The maximum absolute atomic E-state index is 14.4. The Kier molecular flexibility index (Phi) is 10.6. The number of hydrogen-bond acceptors (Lipinski definition) is 3. The zero-order chi connectivity index (χ0) is 22.8. The zero-order valence-electron chi connectivity index (χ0n) is 20.1. The third kappa shape index (κ3) is 7.33. The molecule has 2 atom stereocenters. The highest BCUT2D eigenvalue weighted by molar-refractivity contribution is 5.35. The smallest absolute Gasteiger partial charge is 0.204 e. The number of ether oxygens (including phenoxy) is 3. The van der Waals surface area contributed by atoms with Crippen molar-refractivity contribution >= 4 is 0 Å². The number of unbranched alkanes of at least 4 members (excludes halogenated alkanes) is 3. The van der Waals surface area contributed by atoms with Crippen LogP contribution in [0.4, 0.5) is 8.78 Å². The van der Waals surface area contributed by atoms with Crippen molar-refractivity contribution in [3.8, 4) is 11.5 Å². The van der Waals surface area contributed by atoms with E-state index in [-0.39, 0.29) is 11.5 Å². The molecule has 0 N–H and O–H groups in total. The second-order valence-electron chi connectivity index (χ2n) is 9.77. The van der Waals surface area contributed by atoms with Crippen LogP contribution in [-0.2, 0) is 4.74 Å². The third-order valence-electron chi connectivity index (χ3n) is 7.33. The minimum atomic E-state index is -0.951. The van der Waals surface area contributed by atoms with Gasteiger partial charge in [0.25, 0.3) is 0 Å². The average Bonchev–Trinajstić information content (AvgIpc) is 2.82. The molecule has 1 saturated heterocycles. The quantitative estimate of drug-likeness (QED) is 0.304. The van der Waals surface area contributed by atoms with E-state index in [1.807, 2.05) is 6.92 Å². The summed E-state index contributed by atoms with van der Waals surface area (Å²) in [7, 11) is 0. The van der Waals surface area contributed by atoms with Gasteiger partial charge in [0, 0.05) is 0 Å². The average molecular weight is 453 g/mol. The van der Waals surface area contributed by atoms with Crippen LogP contribution >= 0.6 is 0 Å². The molecule has 0 spiro atoms. The summed E-state index contributed by atoms with van der Waals surface area (Å²) in [6.07, 6.45) is 14.4. The molecule has 1 aromatic rings. The first-order valence-corrected chi connectivity index (χ1v) is 13.0. The van der Waals surface area contributed by atoms with Gasteiger partial charge in [0.05, 0.1) is 25.9 Å². The van der Waals surface area contributed by atoms with Crippen LogP contribution in [0, 0.1) is 29.4 Å². The minimum Gasteiger partial charge on any atom is -0.490 e. The van der Waals surface area contributed by atoms with Gasteiger partial charge in [0.15, 0.2) is 11.5 Å². The van der Waals surface area contributed by atoms with Gasteiger partial charge in [-0.05, 0) is 81.3 Å². The Bertz CT molecular complexity index is 665. The summed E-state index contributed by atoms with van der Waals surface area (Å²) >= 11 is 0. The van der Waals surface area contributed by atoms with E-state index in [0.29, 0.717) is 31.2 Å². The SMILES string of the molecule is CCCCCC1CCC(C2CCC(COc3ccc(OCCCC)c(F)c3F)CC2)CO1. The lowest BCUT2D eigenvalue weighted by Gasteiger charge is -2.37. The molecule has 5 heteroatoms. The molecule has 1 saturated carbocycles. The summed E-state index contributed by atoms with van der Waals surface area (Å²) in [5, 5.41) is 0. The highest BCUT2D eigenvalue weighted by Gasteiger charge is 2.31. The Morgan fingerprint density at radius 1 is 0.812 bits per heavy atom. The molecule has 2 fully saturated rings. The highest BCUT2D eigenvalue weighted by atomic mass is 19.2. The molecule has 32 heavy (non-hydrogen) atoms. The lowest BCUT2D eigenvalue weighted by Crippen LogP contribution is -2.33. The Balaban J connectivity index is 1.37. The normalized spacial score (nSPS) is 26.1. The Labute approximate surface area is 193 Å².